The number of nitro groups is 1. The fraction of sp³-hybridized carbons (Fsp3) is 0.316. The molecule has 1 aromatic heterocycles. The molecule has 2 amide bonds. The maximum absolute atomic E-state index is 12.5. The van der Waals surface area contributed by atoms with Gasteiger partial charge in [-0.1, -0.05) is 18.2 Å². The maximum atomic E-state index is 12.5. The number of hydrogen-bond donors (Lipinski definition) is 1. The van der Waals surface area contributed by atoms with Gasteiger partial charge in [0.05, 0.1) is 11.1 Å². The van der Waals surface area contributed by atoms with Crippen molar-refractivity contribution in [1.29, 1.82) is 0 Å². The first-order valence-electron chi connectivity index (χ1n) is 8.92. The van der Waals surface area contributed by atoms with Gasteiger partial charge in [-0.05, 0) is 25.0 Å². The van der Waals surface area contributed by atoms with Gasteiger partial charge in [0, 0.05) is 36.8 Å². The maximum Gasteiger partial charge on any atom is 0.285 e. The summed E-state index contributed by atoms with van der Waals surface area (Å²) < 4.78 is 1.04. The molecule has 9 heteroatoms. The second kappa shape index (κ2) is 8.47. The molecule has 9 nitrogen and oxygen atoms in total. The van der Waals surface area contributed by atoms with Crippen molar-refractivity contribution in [2.24, 2.45) is 5.92 Å². The summed E-state index contributed by atoms with van der Waals surface area (Å²) in [5.41, 5.74) is 0.0100. The lowest BCUT2D eigenvalue weighted by molar-refractivity contribution is -0.385. The van der Waals surface area contributed by atoms with Crippen LogP contribution in [0.25, 0.3) is 0 Å². The number of rotatable bonds is 5. The smallest absolute Gasteiger partial charge is 0.285 e. The fourth-order valence-electron chi connectivity index (χ4n) is 3.15. The highest BCUT2D eigenvalue weighted by Crippen LogP contribution is 2.20. The standard InChI is InChI=1S/C19H20N4O5/c24-17-7-6-16(23(27)28)12-22(17)13-18(25)21-10-8-14(9-11-21)19(26)20-15-4-2-1-3-5-15/h1-7,12,14H,8-11,13H2,(H,20,26). The Bertz CT molecular complexity index is 933. The first-order valence-corrected chi connectivity index (χ1v) is 8.92. The van der Waals surface area contributed by atoms with Gasteiger partial charge in [0.2, 0.25) is 11.8 Å². The van der Waals surface area contributed by atoms with Gasteiger partial charge >= 0.3 is 0 Å². The van der Waals surface area contributed by atoms with E-state index in [-0.39, 0.29) is 30.0 Å². The summed E-state index contributed by atoms with van der Waals surface area (Å²) in [4.78, 5) is 48.5. The van der Waals surface area contributed by atoms with Crippen LogP contribution in [0.2, 0.25) is 0 Å². The number of pyridine rings is 1. The molecule has 1 aliphatic heterocycles. The highest BCUT2D eigenvalue weighted by molar-refractivity contribution is 5.92. The molecule has 0 atom stereocenters. The van der Waals surface area contributed by atoms with Crippen molar-refractivity contribution in [1.82, 2.24) is 9.47 Å². The van der Waals surface area contributed by atoms with E-state index in [4.69, 9.17) is 0 Å². The van der Waals surface area contributed by atoms with E-state index >= 15 is 0 Å². The van der Waals surface area contributed by atoms with E-state index in [0.717, 1.165) is 28.6 Å². The number of nitrogens with zero attached hydrogens (tertiary/aromatic N) is 3. The van der Waals surface area contributed by atoms with Gasteiger partial charge in [0.25, 0.3) is 11.2 Å². The predicted octanol–water partition coefficient (Wildman–Crippen LogP) is 1.63. The predicted molar refractivity (Wildman–Crippen MR) is 102 cm³/mol. The number of carbonyl (C=O) groups excluding carboxylic acids is 2. The van der Waals surface area contributed by atoms with Crippen molar-refractivity contribution in [2.75, 3.05) is 18.4 Å². The minimum atomic E-state index is -0.614. The summed E-state index contributed by atoms with van der Waals surface area (Å²) in [6.07, 6.45) is 2.11. The van der Waals surface area contributed by atoms with E-state index in [1.54, 1.807) is 4.90 Å². The number of amides is 2. The molecule has 0 bridgehead atoms. The van der Waals surface area contributed by atoms with Crippen molar-refractivity contribution >= 4 is 23.2 Å². The largest absolute Gasteiger partial charge is 0.341 e. The Morgan fingerprint density at radius 1 is 1.11 bits per heavy atom. The Hall–Kier alpha value is -3.49. The number of para-hydroxylation sites is 1. The van der Waals surface area contributed by atoms with Crippen LogP contribution in [0.3, 0.4) is 0 Å². The van der Waals surface area contributed by atoms with Crippen molar-refractivity contribution in [3.8, 4) is 0 Å². The first kappa shape index (κ1) is 19.3. The van der Waals surface area contributed by atoms with Gasteiger partial charge in [-0.2, -0.15) is 0 Å². The van der Waals surface area contributed by atoms with Crippen LogP contribution in [0, 0.1) is 16.0 Å². The quantitative estimate of drug-likeness (QED) is 0.622. The SMILES string of the molecule is O=C(Nc1ccccc1)C1CCN(C(=O)Cn2cc([N+](=O)[O-])ccc2=O)CC1. The van der Waals surface area contributed by atoms with Crippen LogP contribution in [-0.4, -0.2) is 39.3 Å². The Labute approximate surface area is 160 Å². The normalized spacial score (nSPS) is 14.5. The highest BCUT2D eigenvalue weighted by Gasteiger charge is 2.27. The van der Waals surface area contributed by atoms with Crippen LogP contribution in [0.5, 0.6) is 0 Å². The van der Waals surface area contributed by atoms with Crippen LogP contribution in [-0.2, 0) is 16.1 Å². The van der Waals surface area contributed by atoms with E-state index in [1.165, 1.54) is 0 Å². The number of hydrogen-bond acceptors (Lipinski definition) is 5. The zero-order chi connectivity index (χ0) is 20.1. The van der Waals surface area contributed by atoms with Crippen molar-refractivity contribution in [3.05, 3.63) is 69.1 Å². The third-order valence-corrected chi connectivity index (χ3v) is 4.74. The van der Waals surface area contributed by atoms with Crippen LogP contribution < -0.4 is 10.9 Å². The molecule has 2 heterocycles. The second-order valence-electron chi connectivity index (χ2n) is 6.62. The lowest BCUT2D eigenvalue weighted by Gasteiger charge is -2.31. The molecule has 1 aromatic carbocycles. The molecule has 0 unspecified atom stereocenters. The molecule has 0 spiro atoms. The zero-order valence-corrected chi connectivity index (χ0v) is 15.1. The second-order valence-corrected chi connectivity index (χ2v) is 6.62. The lowest BCUT2D eigenvalue weighted by Crippen LogP contribution is -2.43. The van der Waals surface area contributed by atoms with Gasteiger partial charge < -0.3 is 10.2 Å². The summed E-state index contributed by atoms with van der Waals surface area (Å²) in [6, 6.07) is 11.4. The van der Waals surface area contributed by atoms with Crippen LogP contribution >= 0.6 is 0 Å². The van der Waals surface area contributed by atoms with Crippen LogP contribution in [0.1, 0.15) is 12.8 Å². The number of nitrogens with one attached hydrogen (secondary N) is 1. The minimum absolute atomic E-state index is 0.0757. The van der Waals surface area contributed by atoms with E-state index < -0.39 is 10.5 Å². The first-order chi connectivity index (χ1) is 13.4. The summed E-state index contributed by atoms with van der Waals surface area (Å²) in [5.74, 6) is -0.567. The summed E-state index contributed by atoms with van der Waals surface area (Å²) in [5, 5.41) is 13.7. The molecular weight excluding hydrogens is 364 g/mol. The molecule has 2 aromatic rings. The monoisotopic (exact) mass is 384 g/mol. The summed E-state index contributed by atoms with van der Waals surface area (Å²) in [6.45, 7) is 0.534. The van der Waals surface area contributed by atoms with Gasteiger partial charge in [-0.3, -0.25) is 29.1 Å². The molecule has 1 fully saturated rings. The molecule has 0 saturated carbocycles. The van der Waals surface area contributed by atoms with Gasteiger partial charge in [-0.25, -0.2) is 0 Å². The zero-order valence-electron chi connectivity index (χ0n) is 15.1. The fourth-order valence-corrected chi connectivity index (χ4v) is 3.15. The lowest BCUT2D eigenvalue weighted by atomic mass is 9.95. The number of aromatic nitrogens is 1. The molecule has 146 valence electrons. The molecule has 0 radical (unpaired) electrons. The molecule has 3 rings (SSSR count). The van der Waals surface area contributed by atoms with Crippen molar-refractivity contribution in [2.45, 2.75) is 19.4 Å². The molecule has 1 aliphatic rings. The topological polar surface area (TPSA) is 115 Å². The number of carbonyl (C=O) groups is 2. The van der Waals surface area contributed by atoms with Gasteiger partial charge in [0.1, 0.15) is 6.54 Å². The van der Waals surface area contributed by atoms with E-state index in [0.29, 0.717) is 25.9 Å². The average molecular weight is 384 g/mol. The third kappa shape index (κ3) is 4.61. The number of likely N-dealkylation sites (tertiary alicyclic amines) is 1. The minimum Gasteiger partial charge on any atom is -0.341 e. The molecule has 28 heavy (non-hydrogen) atoms. The Morgan fingerprint density at radius 3 is 2.43 bits per heavy atom. The van der Waals surface area contributed by atoms with E-state index in [9.17, 15) is 24.5 Å². The summed E-state index contributed by atoms with van der Waals surface area (Å²) >= 11 is 0. The third-order valence-electron chi connectivity index (χ3n) is 4.74. The van der Waals surface area contributed by atoms with E-state index in [2.05, 4.69) is 5.32 Å². The van der Waals surface area contributed by atoms with Gasteiger partial charge in [0.15, 0.2) is 0 Å². The molecule has 0 aliphatic carbocycles. The number of piperidine rings is 1. The Morgan fingerprint density at radius 2 is 1.79 bits per heavy atom. The van der Waals surface area contributed by atoms with Gasteiger partial charge in [-0.15, -0.1) is 0 Å². The van der Waals surface area contributed by atoms with Crippen LogP contribution in [0.15, 0.2) is 53.5 Å². The van der Waals surface area contributed by atoms with E-state index in [1.807, 2.05) is 30.3 Å². The Balaban J connectivity index is 1.55. The Kier molecular flexibility index (Phi) is 5.83. The number of benzene rings is 1. The highest BCUT2D eigenvalue weighted by atomic mass is 16.6. The summed E-state index contributed by atoms with van der Waals surface area (Å²) in [7, 11) is 0. The molecular formula is C19H20N4O5. The molecule has 1 N–H and O–H groups in total. The van der Waals surface area contributed by atoms with Crippen LogP contribution in [0.4, 0.5) is 11.4 Å². The van der Waals surface area contributed by atoms with Crippen molar-refractivity contribution < 1.29 is 14.5 Å². The average Bonchev–Trinajstić information content (AvgIpc) is 2.70. The molecule has 1 saturated heterocycles. The van der Waals surface area contributed by atoms with Crippen molar-refractivity contribution in [3.63, 3.8) is 0 Å². The number of anilines is 1.